The average molecular weight is 405 g/mol. The fourth-order valence-corrected chi connectivity index (χ4v) is 3.13. The summed E-state index contributed by atoms with van der Waals surface area (Å²) in [6, 6.07) is 20.9. The zero-order valence-electron chi connectivity index (χ0n) is 17.6. The molecule has 0 aliphatic heterocycles. The van der Waals surface area contributed by atoms with Gasteiger partial charge in [-0.25, -0.2) is 0 Å². The number of aryl methyl sites for hydroxylation is 1. The zero-order valence-corrected chi connectivity index (χ0v) is 17.6. The number of carbonyl (C=O) groups excluding carboxylic acids is 1. The number of benzene rings is 3. The van der Waals surface area contributed by atoms with Crippen molar-refractivity contribution < 1.29 is 19.0 Å². The Morgan fingerprint density at radius 3 is 2.33 bits per heavy atom. The number of nitrogens with one attached hydrogen (secondary N) is 1. The first kappa shape index (κ1) is 21.2. The molecule has 0 aliphatic rings. The predicted octanol–water partition coefficient (Wildman–Crippen LogP) is 4.91. The summed E-state index contributed by atoms with van der Waals surface area (Å²) in [7, 11) is 1.62. The molecule has 3 rings (SSSR count). The normalized spacial score (nSPS) is 10.4. The smallest absolute Gasteiger partial charge is 0.251 e. The van der Waals surface area contributed by atoms with E-state index >= 15 is 0 Å². The molecule has 0 unspecified atom stereocenters. The molecule has 3 aromatic rings. The van der Waals surface area contributed by atoms with Gasteiger partial charge in [-0.05, 0) is 49.7 Å². The van der Waals surface area contributed by atoms with E-state index in [0.717, 1.165) is 28.2 Å². The van der Waals surface area contributed by atoms with Crippen molar-refractivity contribution in [1.82, 2.24) is 5.32 Å². The number of ether oxygens (including phenoxy) is 3. The maximum absolute atomic E-state index is 12.7. The van der Waals surface area contributed by atoms with E-state index in [-0.39, 0.29) is 5.91 Å². The Labute approximate surface area is 177 Å². The Morgan fingerprint density at radius 2 is 1.60 bits per heavy atom. The van der Waals surface area contributed by atoms with E-state index in [9.17, 15) is 4.79 Å². The molecule has 0 saturated heterocycles. The van der Waals surface area contributed by atoms with Gasteiger partial charge in [-0.1, -0.05) is 36.4 Å². The lowest BCUT2D eigenvalue weighted by Crippen LogP contribution is -2.23. The maximum atomic E-state index is 12.7. The van der Waals surface area contributed by atoms with Gasteiger partial charge in [-0.15, -0.1) is 0 Å². The lowest BCUT2D eigenvalue weighted by atomic mass is 10.1. The molecule has 30 heavy (non-hydrogen) atoms. The summed E-state index contributed by atoms with van der Waals surface area (Å²) in [6.07, 6.45) is 0. The number of amides is 1. The standard InChI is InChI=1S/C25H27NO4/c1-4-29-24-14-13-19(15-21(24)17-30-22-11-7-5-9-18(22)2)25(27)26-16-20-10-6-8-12-23(20)28-3/h5-15H,4,16-17H2,1-3H3,(H,26,27). The van der Waals surface area contributed by atoms with E-state index in [2.05, 4.69) is 5.32 Å². The highest BCUT2D eigenvalue weighted by Crippen LogP contribution is 2.24. The first-order valence-electron chi connectivity index (χ1n) is 9.96. The molecule has 0 aliphatic carbocycles. The fraction of sp³-hybridized carbons (Fsp3) is 0.240. The van der Waals surface area contributed by atoms with Crippen LogP contribution in [0.3, 0.4) is 0 Å². The minimum atomic E-state index is -0.166. The van der Waals surface area contributed by atoms with Gasteiger partial charge in [0.05, 0.1) is 13.7 Å². The number of carbonyl (C=O) groups is 1. The summed E-state index contributed by atoms with van der Waals surface area (Å²) in [6.45, 7) is 5.16. The zero-order chi connectivity index (χ0) is 21.3. The summed E-state index contributed by atoms with van der Waals surface area (Å²) in [4.78, 5) is 12.7. The first-order valence-corrected chi connectivity index (χ1v) is 9.96. The highest BCUT2D eigenvalue weighted by molar-refractivity contribution is 5.94. The van der Waals surface area contributed by atoms with Crippen molar-refractivity contribution in [3.8, 4) is 17.2 Å². The summed E-state index contributed by atoms with van der Waals surface area (Å²) >= 11 is 0. The SMILES string of the molecule is CCOc1ccc(C(=O)NCc2ccccc2OC)cc1COc1ccccc1C. The lowest BCUT2D eigenvalue weighted by molar-refractivity contribution is 0.0950. The van der Waals surface area contributed by atoms with Gasteiger partial charge in [0.25, 0.3) is 5.91 Å². The largest absolute Gasteiger partial charge is 0.496 e. The Bertz CT molecular complexity index is 1000. The number of rotatable bonds is 9. The summed E-state index contributed by atoms with van der Waals surface area (Å²) in [5.41, 5.74) is 3.35. The molecule has 1 amide bonds. The van der Waals surface area contributed by atoms with Crippen LogP contribution in [0, 0.1) is 6.92 Å². The molecule has 0 heterocycles. The van der Waals surface area contributed by atoms with Gasteiger partial charge < -0.3 is 19.5 Å². The molecule has 0 radical (unpaired) electrons. The Hall–Kier alpha value is -3.47. The minimum Gasteiger partial charge on any atom is -0.496 e. The molecule has 1 N–H and O–H groups in total. The van der Waals surface area contributed by atoms with Crippen molar-refractivity contribution in [3.05, 3.63) is 89.0 Å². The molecule has 156 valence electrons. The number of para-hydroxylation sites is 2. The van der Waals surface area contributed by atoms with Crippen LogP contribution in [-0.4, -0.2) is 19.6 Å². The summed E-state index contributed by atoms with van der Waals surface area (Å²) in [5.74, 6) is 2.11. The highest BCUT2D eigenvalue weighted by atomic mass is 16.5. The molecule has 5 heteroatoms. The van der Waals surface area contributed by atoms with Gasteiger partial charge in [-0.3, -0.25) is 4.79 Å². The first-order chi connectivity index (χ1) is 14.6. The molecule has 0 atom stereocenters. The fourth-order valence-electron chi connectivity index (χ4n) is 3.13. The molecule has 0 spiro atoms. The second-order valence-electron chi connectivity index (χ2n) is 6.80. The van der Waals surface area contributed by atoms with Crippen molar-refractivity contribution in [2.24, 2.45) is 0 Å². The predicted molar refractivity (Wildman–Crippen MR) is 117 cm³/mol. The van der Waals surface area contributed by atoms with Crippen LogP contribution >= 0.6 is 0 Å². The van der Waals surface area contributed by atoms with E-state index in [1.54, 1.807) is 13.2 Å². The second-order valence-corrected chi connectivity index (χ2v) is 6.80. The molecule has 0 saturated carbocycles. The minimum absolute atomic E-state index is 0.166. The van der Waals surface area contributed by atoms with Crippen molar-refractivity contribution in [3.63, 3.8) is 0 Å². The third-order valence-electron chi connectivity index (χ3n) is 4.73. The van der Waals surface area contributed by atoms with Gasteiger partial charge in [-0.2, -0.15) is 0 Å². The van der Waals surface area contributed by atoms with Crippen molar-refractivity contribution in [2.45, 2.75) is 27.0 Å². The van der Waals surface area contributed by atoms with Crippen molar-refractivity contribution in [2.75, 3.05) is 13.7 Å². The molecule has 5 nitrogen and oxygen atoms in total. The van der Waals surface area contributed by atoms with Crippen LogP contribution in [0.25, 0.3) is 0 Å². The van der Waals surface area contributed by atoms with Gasteiger partial charge in [0, 0.05) is 23.2 Å². The Kier molecular flexibility index (Phi) is 7.33. The summed E-state index contributed by atoms with van der Waals surface area (Å²) in [5, 5.41) is 2.95. The van der Waals surface area contributed by atoms with E-state index in [1.807, 2.05) is 74.5 Å². The summed E-state index contributed by atoms with van der Waals surface area (Å²) < 4.78 is 17.0. The Balaban J connectivity index is 1.74. The van der Waals surface area contributed by atoms with Gasteiger partial charge >= 0.3 is 0 Å². The highest BCUT2D eigenvalue weighted by Gasteiger charge is 2.12. The Morgan fingerprint density at radius 1 is 0.867 bits per heavy atom. The number of hydrogen-bond acceptors (Lipinski definition) is 4. The number of methoxy groups -OCH3 is 1. The van der Waals surface area contributed by atoms with Gasteiger partial charge in [0.15, 0.2) is 0 Å². The maximum Gasteiger partial charge on any atom is 0.251 e. The lowest BCUT2D eigenvalue weighted by Gasteiger charge is -2.15. The van der Waals surface area contributed by atoms with Gasteiger partial charge in [0.2, 0.25) is 0 Å². The third-order valence-corrected chi connectivity index (χ3v) is 4.73. The van der Waals surface area contributed by atoms with Crippen LogP contribution in [-0.2, 0) is 13.2 Å². The van der Waals surface area contributed by atoms with Gasteiger partial charge in [0.1, 0.15) is 23.9 Å². The molecule has 0 bridgehead atoms. The van der Waals surface area contributed by atoms with Crippen LogP contribution in [0.5, 0.6) is 17.2 Å². The van der Waals surface area contributed by atoms with E-state index in [1.165, 1.54) is 0 Å². The van der Waals surface area contributed by atoms with Crippen LogP contribution < -0.4 is 19.5 Å². The second kappa shape index (κ2) is 10.3. The monoisotopic (exact) mass is 405 g/mol. The van der Waals surface area contributed by atoms with Crippen LogP contribution in [0.4, 0.5) is 0 Å². The van der Waals surface area contributed by atoms with Crippen LogP contribution in [0.15, 0.2) is 66.7 Å². The average Bonchev–Trinajstić information content (AvgIpc) is 2.78. The topological polar surface area (TPSA) is 56.8 Å². The molecule has 0 aromatic heterocycles. The van der Waals surface area contributed by atoms with E-state index in [4.69, 9.17) is 14.2 Å². The quantitative estimate of drug-likeness (QED) is 0.549. The molecule has 3 aromatic carbocycles. The van der Waals surface area contributed by atoms with Crippen molar-refractivity contribution in [1.29, 1.82) is 0 Å². The molecular formula is C25H27NO4. The van der Waals surface area contributed by atoms with Crippen LogP contribution in [0.1, 0.15) is 34.0 Å². The molecular weight excluding hydrogens is 378 g/mol. The van der Waals surface area contributed by atoms with E-state index < -0.39 is 0 Å². The van der Waals surface area contributed by atoms with E-state index in [0.29, 0.717) is 31.1 Å². The molecule has 0 fully saturated rings. The number of hydrogen-bond donors (Lipinski definition) is 1. The van der Waals surface area contributed by atoms with Crippen molar-refractivity contribution >= 4 is 5.91 Å². The third kappa shape index (κ3) is 5.32. The van der Waals surface area contributed by atoms with Crippen LogP contribution in [0.2, 0.25) is 0 Å².